The molecule has 0 unspecified atom stereocenters. The van der Waals surface area contributed by atoms with Crippen LogP contribution in [0.25, 0.3) is 0 Å². The highest BCUT2D eigenvalue weighted by atomic mass is 35.5. The van der Waals surface area contributed by atoms with Crippen LogP contribution in [0.3, 0.4) is 0 Å². The first-order valence-electron chi connectivity index (χ1n) is 6.07. The fourth-order valence-corrected chi connectivity index (χ4v) is 2.08. The maximum absolute atomic E-state index is 11.8. The summed E-state index contributed by atoms with van der Waals surface area (Å²) in [6, 6.07) is 1.71. The van der Waals surface area contributed by atoms with Gasteiger partial charge in [-0.1, -0.05) is 24.4 Å². The highest BCUT2D eigenvalue weighted by Crippen LogP contribution is 2.33. The number of aromatic nitrogens is 1. The molecule has 0 spiro atoms. The van der Waals surface area contributed by atoms with Gasteiger partial charge in [-0.2, -0.15) is 0 Å². The number of nitrogens with zero attached hydrogens (tertiary/aromatic N) is 1. The minimum Gasteiger partial charge on any atom is -0.352 e. The Bertz CT molecular complexity index is 416. The monoisotopic (exact) mass is 252 g/mol. The first-order chi connectivity index (χ1) is 8.16. The summed E-state index contributed by atoms with van der Waals surface area (Å²) in [6.07, 6.45) is 6.53. The van der Waals surface area contributed by atoms with E-state index in [1.165, 1.54) is 25.5 Å². The molecule has 1 saturated carbocycles. The zero-order valence-electron chi connectivity index (χ0n) is 10.0. The van der Waals surface area contributed by atoms with Gasteiger partial charge in [0.1, 0.15) is 0 Å². The van der Waals surface area contributed by atoms with E-state index in [1.54, 1.807) is 6.07 Å². The first-order valence-corrected chi connectivity index (χ1v) is 6.45. The number of pyridine rings is 1. The molecule has 1 fully saturated rings. The molecule has 92 valence electrons. The molecule has 4 heteroatoms. The van der Waals surface area contributed by atoms with Gasteiger partial charge in [-0.05, 0) is 31.7 Å². The number of amides is 1. The van der Waals surface area contributed by atoms with Gasteiger partial charge in [0.25, 0.3) is 5.91 Å². The summed E-state index contributed by atoms with van der Waals surface area (Å²) >= 11 is 6.00. The minimum atomic E-state index is -0.127. The average Bonchev–Trinajstić information content (AvgIpc) is 3.08. The van der Waals surface area contributed by atoms with Crippen LogP contribution >= 0.6 is 11.6 Å². The lowest BCUT2D eigenvalue weighted by atomic mass is 10.2. The molecule has 1 heterocycles. The Morgan fingerprint density at radius 3 is 3.00 bits per heavy atom. The topological polar surface area (TPSA) is 42.0 Å². The van der Waals surface area contributed by atoms with E-state index < -0.39 is 0 Å². The molecule has 3 nitrogen and oxygen atoms in total. The standard InChI is InChI=1S/C13H17ClN2O/c1-9-7-12(14)11(8-16-9)13(17)15-6-2-3-10-4-5-10/h7-8,10H,2-6H2,1H3,(H,15,17). The third-order valence-electron chi connectivity index (χ3n) is 3.01. The summed E-state index contributed by atoms with van der Waals surface area (Å²) in [5, 5.41) is 3.35. The van der Waals surface area contributed by atoms with Crippen LogP contribution in [-0.4, -0.2) is 17.4 Å². The molecule has 1 aromatic heterocycles. The Morgan fingerprint density at radius 1 is 1.59 bits per heavy atom. The highest BCUT2D eigenvalue weighted by molar-refractivity contribution is 6.33. The van der Waals surface area contributed by atoms with Crippen LogP contribution in [0.4, 0.5) is 0 Å². The zero-order chi connectivity index (χ0) is 12.3. The van der Waals surface area contributed by atoms with Crippen molar-refractivity contribution in [2.45, 2.75) is 32.6 Å². The van der Waals surface area contributed by atoms with Gasteiger partial charge in [0.15, 0.2) is 0 Å². The predicted octanol–water partition coefficient (Wildman–Crippen LogP) is 2.96. The predicted molar refractivity (Wildman–Crippen MR) is 68.3 cm³/mol. The number of carbonyl (C=O) groups excluding carboxylic acids is 1. The smallest absolute Gasteiger partial charge is 0.254 e. The quantitative estimate of drug-likeness (QED) is 0.819. The Morgan fingerprint density at radius 2 is 2.35 bits per heavy atom. The molecule has 2 rings (SSSR count). The molecule has 17 heavy (non-hydrogen) atoms. The molecular formula is C13H17ClN2O. The second-order valence-corrected chi connectivity index (χ2v) is 5.05. The van der Waals surface area contributed by atoms with Crippen LogP contribution in [0.5, 0.6) is 0 Å². The molecule has 1 aliphatic rings. The van der Waals surface area contributed by atoms with Gasteiger partial charge in [-0.15, -0.1) is 0 Å². The van der Waals surface area contributed by atoms with Gasteiger partial charge < -0.3 is 5.32 Å². The maximum atomic E-state index is 11.8. The summed E-state index contributed by atoms with van der Waals surface area (Å²) in [4.78, 5) is 15.9. The third-order valence-corrected chi connectivity index (χ3v) is 3.32. The van der Waals surface area contributed by atoms with Crippen LogP contribution in [0.2, 0.25) is 5.02 Å². The van der Waals surface area contributed by atoms with Gasteiger partial charge in [-0.25, -0.2) is 0 Å². The molecule has 1 amide bonds. The number of aryl methyl sites for hydroxylation is 1. The summed E-state index contributed by atoms with van der Waals surface area (Å²) in [5.74, 6) is 0.787. The number of halogens is 1. The SMILES string of the molecule is Cc1cc(Cl)c(C(=O)NCCCC2CC2)cn1. The van der Waals surface area contributed by atoms with Crippen molar-refractivity contribution in [1.82, 2.24) is 10.3 Å². The molecule has 1 aromatic rings. The molecule has 0 saturated heterocycles. The van der Waals surface area contributed by atoms with Gasteiger partial charge in [0, 0.05) is 18.4 Å². The number of rotatable bonds is 5. The molecule has 0 atom stereocenters. The van der Waals surface area contributed by atoms with Gasteiger partial charge in [0.05, 0.1) is 10.6 Å². The first kappa shape index (κ1) is 12.4. The molecule has 0 bridgehead atoms. The second kappa shape index (κ2) is 5.50. The van der Waals surface area contributed by atoms with Crippen molar-refractivity contribution in [2.24, 2.45) is 5.92 Å². The Kier molecular flexibility index (Phi) is 4.00. The number of hydrogen-bond donors (Lipinski definition) is 1. The maximum Gasteiger partial charge on any atom is 0.254 e. The summed E-state index contributed by atoms with van der Waals surface area (Å²) in [6.45, 7) is 2.57. The van der Waals surface area contributed by atoms with Crippen LogP contribution in [-0.2, 0) is 0 Å². The molecule has 0 aliphatic heterocycles. The van der Waals surface area contributed by atoms with Gasteiger partial charge >= 0.3 is 0 Å². The number of hydrogen-bond acceptors (Lipinski definition) is 2. The average molecular weight is 253 g/mol. The number of nitrogens with one attached hydrogen (secondary N) is 1. The fraction of sp³-hybridized carbons (Fsp3) is 0.538. The summed E-state index contributed by atoms with van der Waals surface area (Å²) in [5.41, 5.74) is 1.28. The number of carbonyl (C=O) groups is 1. The van der Waals surface area contributed by atoms with E-state index in [0.717, 1.165) is 24.6 Å². The van der Waals surface area contributed by atoms with E-state index in [4.69, 9.17) is 11.6 Å². The van der Waals surface area contributed by atoms with E-state index >= 15 is 0 Å². The van der Waals surface area contributed by atoms with Crippen molar-refractivity contribution in [3.63, 3.8) is 0 Å². The van der Waals surface area contributed by atoms with E-state index in [2.05, 4.69) is 10.3 Å². The second-order valence-electron chi connectivity index (χ2n) is 4.65. The van der Waals surface area contributed by atoms with E-state index in [9.17, 15) is 4.79 Å². The van der Waals surface area contributed by atoms with Crippen molar-refractivity contribution >= 4 is 17.5 Å². The Balaban J connectivity index is 1.81. The van der Waals surface area contributed by atoms with Crippen LogP contribution in [0.1, 0.15) is 41.7 Å². The van der Waals surface area contributed by atoms with Crippen molar-refractivity contribution < 1.29 is 4.79 Å². The van der Waals surface area contributed by atoms with E-state index in [0.29, 0.717) is 10.6 Å². The van der Waals surface area contributed by atoms with Crippen molar-refractivity contribution in [2.75, 3.05) is 6.54 Å². The normalized spacial score (nSPS) is 14.7. The molecular weight excluding hydrogens is 236 g/mol. The third kappa shape index (κ3) is 3.70. The van der Waals surface area contributed by atoms with Crippen LogP contribution in [0.15, 0.2) is 12.3 Å². The summed E-state index contributed by atoms with van der Waals surface area (Å²) in [7, 11) is 0. The van der Waals surface area contributed by atoms with Gasteiger partial charge in [-0.3, -0.25) is 9.78 Å². The lowest BCUT2D eigenvalue weighted by molar-refractivity contribution is 0.0952. The van der Waals surface area contributed by atoms with Crippen molar-refractivity contribution in [1.29, 1.82) is 0 Å². The fourth-order valence-electron chi connectivity index (χ4n) is 1.79. The summed E-state index contributed by atoms with van der Waals surface area (Å²) < 4.78 is 0. The Labute approximate surface area is 107 Å². The minimum absolute atomic E-state index is 0.127. The lowest BCUT2D eigenvalue weighted by Gasteiger charge is -2.06. The molecule has 0 aromatic carbocycles. The van der Waals surface area contributed by atoms with Crippen molar-refractivity contribution in [3.05, 3.63) is 28.5 Å². The molecule has 1 aliphatic carbocycles. The van der Waals surface area contributed by atoms with E-state index in [1.807, 2.05) is 6.92 Å². The van der Waals surface area contributed by atoms with Gasteiger partial charge in [0.2, 0.25) is 0 Å². The zero-order valence-corrected chi connectivity index (χ0v) is 10.8. The van der Waals surface area contributed by atoms with Crippen LogP contribution in [0, 0.1) is 12.8 Å². The Hall–Kier alpha value is -1.09. The van der Waals surface area contributed by atoms with Crippen LogP contribution < -0.4 is 5.32 Å². The highest BCUT2D eigenvalue weighted by Gasteiger charge is 2.20. The largest absolute Gasteiger partial charge is 0.352 e. The van der Waals surface area contributed by atoms with Crippen molar-refractivity contribution in [3.8, 4) is 0 Å². The molecule has 1 N–H and O–H groups in total. The molecule has 0 radical (unpaired) electrons. The lowest BCUT2D eigenvalue weighted by Crippen LogP contribution is -2.25. The van der Waals surface area contributed by atoms with E-state index in [-0.39, 0.29) is 5.91 Å².